The van der Waals surface area contributed by atoms with Crippen molar-refractivity contribution in [3.63, 3.8) is 0 Å². The first kappa shape index (κ1) is 16.9. The first-order valence-electron chi connectivity index (χ1n) is 7.09. The molecule has 5 nitrogen and oxygen atoms in total. The van der Waals surface area contributed by atoms with Gasteiger partial charge in [-0.3, -0.25) is 0 Å². The third-order valence-corrected chi connectivity index (χ3v) is 6.92. The number of hydrogen-bond acceptors (Lipinski definition) is 4. The Morgan fingerprint density at radius 3 is 2.71 bits per heavy atom. The zero-order valence-electron chi connectivity index (χ0n) is 12.4. The second-order valence-electron chi connectivity index (χ2n) is 5.37. The van der Waals surface area contributed by atoms with Crippen LogP contribution in [0.15, 0.2) is 27.6 Å². The molecule has 1 aliphatic rings. The Balaban J connectivity index is 2.34. The Hall–Kier alpha value is -0.470. The third kappa shape index (κ3) is 3.48. The van der Waals surface area contributed by atoms with Crippen LogP contribution in [0, 0.1) is 0 Å². The number of benzene rings is 1. The van der Waals surface area contributed by atoms with Crippen LogP contribution in [-0.2, 0) is 16.6 Å². The maximum absolute atomic E-state index is 12.9. The van der Waals surface area contributed by atoms with Crippen molar-refractivity contribution in [1.29, 1.82) is 0 Å². The minimum atomic E-state index is -3.49. The zero-order valence-corrected chi connectivity index (χ0v) is 14.8. The molecule has 0 aliphatic carbocycles. The average molecular weight is 376 g/mol. The van der Waals surface area contributed by atoms with Crippen molar-refractivity contribution in [3.8, 4) is 0 Å². The average Bonchev–Trinajstić information content (AvgIpc) is 2.47. The molecule has 21 heavy (non-hydrogen) atoms. The van der Waals surface area contributed by atoms with Crippen molar-refractivity contribution in [2.45, 2.75) is 30.8 Å². The minimum absolute atomic E-state index is 0.269. The summed E-state index contributed by atoms with van der Waals surface area (Å²) in [4.78, 5) is 2.53. The summed E-state index contributed by atoms with van der Waals surface area (Å²) in [6, 6.07) is 5.52. The maximum Gasteiger partial charge on any atom is 0.244 e. The summed E-state index contributed by atoms with van der Waals surface area (Å²) in [7, 11) is -1.44. The van der Waals surface area contributed by atoms with E-state index in [1.165, 1.54) is 0 Å². The highest BCUT2D eigenvalue weighted by Gasteiger charge is 2.33. The number of sulfonamides is 1. The number of nitrogens with two attached hydrogens (primary N) is 1. The molecule has 7 heteroatoms. The van der Waals surface area contributed by atoms with E-state index in [0.29, 0.717) is 29.0 Å². The Morgan fingerprint density at radius 2 is 2.10 bits per heavy atom. The van der Waals surface area contributed by atoms with Crippen LogP contribution in [0.5, 0.6) is 0 Å². The quantitative estimate of drug-likeness (QED) is 0.867. The van der Waals surface area contributed by atoms with Crippen LogP contribution < -0.4 is 5.73 Å². The number of piperazine rings is 1. The SMILES string of the molecule is CCC1CN(S(=O)(=O)c2cc(CN)ccc2Br)CCN1C. The number of rotatable bonds is 4. The molecule has 1 atom stereocenters. The Labute approximate surface area is 135 Å². The molecule has 2 rings (SSSR count). The molecule has 0 spiro atoms. The van der Waals surface area contributed by atoms with Crippen LogP contribution in [0.3, 0.4) is 0 Å². The Bertz CT molecular complexity index is 606. The van der Waals surface area contributed by atoms with E-state index >= 15 is 0 Å². The van der Waals surface area contributed by atoms with Gasteiger partial charge in [0.05, 0.1) is 4.90 Å². The topological polar surface area (TPSA) is 66.6 Å². The highest BCUT2D eigenvalue weighted by atomic mass is 79.9. The van der Waals surface area contributed by atoms with Crippen molar-refractivity contribution >= 4 is 26.0 Å². The van der Waals surface area contributed by atoms with E-state index in [4.69, 9.17) is 5.73 Å². The molecule has 1 fully saturated rings. The van der Waals surface area contributed by atoms with Gasteiger partial charge in [0.1, 0.15) is 0 Å². The van der Waals surface area contributed by atoms with Crippen LogP contribution in [-0.4, -0.2) is 50.3 Å². The summed E-state index contributed by atoms with van der Waals surface area (Å²) in [5, 5.41) is 0. The van der Waals surface area contributed by atoms with Gasteiger partial charge >= 0.3 is 0 Å². The molecule has 0 aromatic heterocycles. The maximum atomic E-state index is 12.9. The van der Waals surface area contributed by atoms with E-state index in [2.05, 4.69) is 27.8 Å². The van der Waals surface area contributed by atoms with Gasteiger partial charge in [-0.15, -0.1) is 0 Å². The molecular formula is C14H22BrN3O2S. The van der Waals surface area contributed by atoms with Crippen LogP contribution in [0.4, 0.5) is 0 Å². The predicted octanol–water partition coefficient (Wildman–Crippen LogP) is 1.62. The minimum Gasteiger partial charge on any atom is -0.326 e. The Morgan fingerprint density at radius 1 is 1.38 bits per heavy atom. The highest BCUT2D eigenvalue weighted by molar-refractivity contribution is 9.10. The lowest BCUT2D eigenvalue weighted by Crippen LogP contribution is -2.52. The van der Waals surface area contributed by atoms with Crippen molar-refractivity contribution in [2.75, 3.05) is 26.7 Å². The molecule has 0 saturated carbocycles. The molecule has 1 saturated heterocycles. The van der Waals surface area contributed by atoms with Crippen LogP contribution in [0.2, 0.25) is 0 Å². The first-order valence-corrected chi connectivity index (χ1v) is 9.32. The van der Waals surface area contributed by atoms with Gasteiger partial charge in [-0.05, 0) is 47.1 Å². The summed E-state index contributed by atoms with van der Waals surface area (Å²) >= 11 is 3.35. The van der Waals surface area contributed by atoms with Gasteiger partial charge in [-0.25, -0.2) is 8.42 Å². The van der Waals surface area contributed by atoms with Gasteiger partial charge in [0.15, 0.2) is 0 Å². The molecule has 2 N–H and O–H groups in total. The van der Waals surface area contributed by atoms with E-state index in [0.717, 1.165) is 18.5 Å². The number of hydrogen-bond donors (Lipinski definition) is 1. The summed E-state index contributed by atoms with van der Waals surface area (Å²) < 4.78 is 27.9. The van der Waals surface area contributed by atoms with E-state index in [9.17, 15) is 8.42 Å². The van der Waals surface area contributed by atoms with Crippen LogP contribution in [0.25, 0.3) is 0 Å². The van der Waals surface area contributed by atoms with Crippen molar-refractivity contribution in [3.05, 3.63) is 28.2 Å². The van der Waals surface area contributed by atoms with Crippen molar-refractivity contribution in [2.24, 2.45) is 5.73 Å². The molecule has 1 aliphatic heterocycles. The van der Waals surface area contributed by atoms with E-state index in [-0.39, 0.29) is 6.04 Å². The highest BCUT2D eigenvalue weighted by Crippen LogP contribution is 2.28. The summed E-state index contributed by atoms with van der Waals surface area (Å²) in [6.07, 6.45) is 0.937. The molecule has 1 aromatic rings. The van der Waals surface area contributed by atoms with E-state index in [1.807, 2.05) is 13.1 Å². The zero-order chi connectivity index (χ0) is 15.6. The Kier molecular flexibility index (Phi) is 5.43. The van der Waals surface area contributed by atoms with E-state index in [1.54, 1.807) is 16.4 Å². The van der Waals surface area contributed by atoms with Gasteiger partial charge in [0, 0.05) is 36.7 Å². The predicted molar refractivity (Wildman–Crippen MR) is 87.5 cm³/mol. The standard InChI is InChI=1S/C14H22BrN3O2S/c1-3-12-10-18(7-6-17(12)2)21(19,20)14-8-11(9-16)4-5-13(14)15/h4-5,8,12H,3,6-7,9-10,16H2,1-2H3. The molecule has 1 unspecified atom stereocenters. The fourth-order valence-corrected chi connectivity index (χ4v) is 5.03. The summed E-state index contributed by atoms with van der Waals surface area (Å²) in [5.74, 6) is 0. The van der Waals surface area contributed by atoms with Crippen molar-refractivity contribution in [1.82, 2.24) is 9.21 Å². The molecule has 0 amide bonds. The number of halogens is 1. The summed E-state index contributed by atoms with van der Waals surface area (Å²) in [5.41, 5.74) is 6.44. The van der Waals surface area contributed by atoms with Gasteiger partial charge in [0.2, 0.25) is 10.0 Å². The number of likely N-dealkylation sites (N-methyl/N-ethyl adjacent to an activating group) is 1. The van der Waals surface area contributed by atoms with Crippen LogP contribution in [0.1, 0.15) is 18.9 Å². The molecule has 1 aromatic carbocycles. The molecule has 0 bridgehead atoms. The molecule has 118 valence electrons. The van der Waals surface area contributed by atoms with Gasteiger partial charge < -0.3 is 10.6 Å². The largest absolute Gasteiger partial charge is 0.326 e. The normalized spacial score (nSPS) is 21.6. The molecule has 0 radical (unpaired) electrons. The lowest BCUT2D eigenvalue weighted by atomic mass is 10.1. The first-order chi connectivity index (χ1) is 9.90. The third-order valence-electron chi connectivity index (χ3n) is 4.06. The van der Waals surface area contributed by atoms with Gasteiger partial charge in [0.25, 0.3) is 0 Å². The van der Waals surface area contributed by atoms with Crippen LogP contribution >= 0.6 is 15.9 Å². The monoisotopic (exact) mass is 375 g/mol. The second kappa shape index (κ2) is 6.75. The summed E-state index contributed by atoms with van der Waals surface area (Å²) in [6.45, 7) is 4.23. The smallest absolute Gasteiger partial charge is 0.244 e. The molecule has 1 heterocycles. The lowest BCUT2D eigenvalue weighted by Gasteiger charge is -2.38. The second-order valence-corrected chi connectivity index (χ2v) is 8.14. The number of nitrogens with zero attached hydrogens (tertiary/aromatic N) is 2. The van der Waals surface area contributed by atoms with Gasteiger partial charge in [-0.1, -0.05) is 13.0 Å². The molecular weight excluding hydrogens is 354 g/mol. The van der Waals surface area contributed by atoms with E-state index < -0.39 is 10.0 Å². The fourth-order valence-electron chi connectivity index (χ4n) is 2.59. The van der Waals surface area contributed by atoms with Gasteiger partial charge in [-0.2, -0.15) is 4.31 Å². The lowest BCUT2D eigenvalue weighted by molar-refractivity contribution is 0.144. The fraction of sp³-hybridized carbons (Fsp3) is 0.571. The van der Waals surface area contributed by atoms with Crippen molar-refractivity contribution < 1.29 is 8.42 Å².